The van der Waals surface area contributed by atoms with Crippen LogP contribution < -0.4 is 0 Å². The Balaban J connectivity index is 1.21. The maximum absolute atomic E-state index is 13.1. The number of esters is 1. The summed E-state index contributed by atoms with van der Waals surface area (Å²) < 4.78 is 43.9. The zero-order valence-corrected chi connectivity index (χ0v) is 40.1. The number of carbonyl (C=O) groups excluding carboxylic acids is 1. The Bertz CT molecular complexity index is 1870. The van der Waals surface area contributed by atoms with E-state index < -0.39 is 85.4 Å². The molecule has 7 aliphatic heterocycles. The predicted octanol–water partition coefficient (Wildman–Crippen LogP) is 5.65. The van der Waals surface area contributed by atoms with Gasteiger partial charge >= 0.3 is 11.9 Å². The van der Waals surface area contributed by atoms with E-state index in [-0.39, 0.29) is 61.1 Å². The number of aliphatic carboxylic acids is 1. The third-order valence-corrected chi connectivity index (χ3v) is 14.0. The van der Waals surface area contributed by atoms with Crippen molar-refractivity contribution < 1.29 is 73.4 Å². The average molecular weight is 953 g/mol. The summed E-state index contributed by atoms with van der Waals surface area (Å²) in [5, 5.41) is 63.9. The summed E-state index contributed by atoms with van der Waals surface area (Å²) >= 11 is 0. The second-order valence-corrected chi connectivity index (χ2v) is 19.4. The fraction of sp³-hybridized carbons (Fsp3) is 0.660. The molecule has 15 nitrogen and oxygen atoms in total. The minimum absolute atomic E-state index is 0.000574. The van der Waals surface area contributed by atoms with E-state index in [2.05, 4.69) is 19.9 Å². The van der Waals surface area contributed by atoms with Gasteiger partial charge in [0.15, 0.2) is 12.4 Å². The van der Waals surface area contributed by atoms with Crippen molar-refractivity contribution in [3.63, 3.8) is 0 Å². The van der Waals surface area contributed by atoms with Gasteiger partial charge in [0, 0.05) is 37.2 Å². The standard InChI is InChI=1S/C53H76O15/c1-31(18-15-16-24-46(55)56)28-32(2)52-42-27-26-36(63-52)19-11-7-6-8-13-21-41(68-53-51(61)50(60)48(58)35(5)62-53)49(59)45-29-37(54)33(3)38(65-45)22-17-23-39-34(4)43-30-44(64-39)40(66-43)20-12-9-10-14-25-47(57)67-42/h7,9-14,17,20-21,23,25-28,31,33-45,48-54,58-61H,6,8,15-16,18-19,22,24,29-30H2,1-5H3,(H,55,56). The third-order valence-electron chi connectivity index (χ3n) is 14.0. The van der Waals surface area contributed by atoms with Crippen LogP contribution in [0.25, 0.3) is 0 Å². The van der Waals surface area contributed by atoms with Gasteiger partial charge in [0.2, 0.25) is 0 Å². The van der Waals surface area contributed by atoms with Crippen molar-refractivity contribution >= 4 is 11.9 Å². The molecular formula is C53H76O15. The van der Waals surface area contributed by atoms with E-state index in [9.17, 15) is 35.1 Å². The lowest BCUT2D eigenvalue weighted by Gasteiger charge is -2.43. The number of hydrogen-bond donors (Lipinski definition) is 6. The van der Waals surface area contributed by atoms with Gasteiger partial charge in [-0.25, -0.2) is 4.79 Å². The van der Waals surface area contributed by atoms with Crippen LogP contribution in [0.1, 0.15) is 98.8 Å². The highest BCUT2D eigenvalue weighted by atomic mass is 16.7. The van der Waals surface area contributed by atoms with Gasteiger partial charge in [0.05, 0.1) is 48.8 Å². The van der Waals surface area contributed by atoms with Crippen molar-refractivity contribution in [1.29, 1.82) is 0 Å². The summed E-state index contributed by atoms with van der Waals surface area (Å²) in [6.07, 6.45) is 20.1. The number of unbranched alkanes of at least 4 members (excludes halogenated alkanes) is 1. The van der Waals surface area contributed by atoms with Crippen molar-refractivity contribution in [3.05, 3.63) is 96.7 Å². The van der Waals surface area contributed by atoms with E-state index in [0.717, 1.165) is 24.8 Å². The van der Waals surface area contributed by atoms with Crippen LogP contribution in [0.5, 0.6) is 0 Å². The molecule has 20 unspecified atom stereocenters. The molecule has 0 aromatic carbocycles. The number of rotatable bonds is 9. The summed E-state index contributed by atoms with van der Waals surface area (Å²) in [4.78, 5) is 24.1. The fourth-order valence-electron chi connectivity index (χ4n) is 9.78. The lowest BCUT2D eigenvalue weighted by Crippen LogP contribution is -2.59. The van der Waals surface area contributed by atoms with Crippen molar-refractivity contribution in [2.75, 3.05) is 0 Å². The van der Waals surface area contributed by atoms with Crippen LogP contribution in [0.3, 0.4) is 0 Å². The molecule has 7 rings (SSSR count). The Kier molecular flexibility index (Phi) is 20.6. The van der Waals surface area contributed by atoms with Crippen LogP contribution in [-0.2, 0) is 42.7 Å². The molecule has 4 saturated heterocycles. The molecule has 0 saturated carbocycles. The molecule has 0 radical (unpaired) electrons. The molecule has 0 amide bonds. The lowest BCUT2D eigenvalue weighted by atomic mass is 9.85. The largest absolute Gasteiger partial charge is 0.481 e. The zero-order valence-electron chi connectivity index (χ0n) is 40.1. The molecule has 7 heterocycles. The number of allylic oxidation sites excluding steroid dienone is 7. The topological polar surface area (TPSA) is 220 Å². The van der Waals surface area contributed by atoms with Gasteiger partial charge in [0.25, 0.3) is 0 Å². The molecule has 378 valence electrons. The van der Waals surface area contributed by atoms with Crippen LogP contribution in [0, 0.1) is 17.8 Å². The van der Waals surface area contributed by atoms with Crippen LogP contribution >= 0.6 is 0 Å². The number of carboxylic acids is 1. The molecular weight excluding hydrogens is 877 g/mol. The molecule has 4 fully saturated rings. The van der Waals surface area contributed by atoms with Gasteiger partial charge in [0.1, 0.15) is 42.7 Å². The zero-order chi connectivity index (χ0) is 48.9. The first-order valence-corrected chi connectivity index (χ1v) is 24.7. The maximum Gasteiger partial charge on any atom is 0.331 e. The normalized spacial score (nSPS) is 41.4. The second-order valence-electron chi connectivity index (χ2n) is 19.4. The van der Waals surface area contributed by atoms with Gasteiger partial charge in [-0.3, -0.25) is 4.79 Å². The SMILES string of the molecule is CC(=CC(C)CCCCC(=O)O)C1OC2C=CC1OC(=O)C=CC=CC=CC1OC3CC1OC(C=CCC1OC(CC(O)C1C)C(O)C(OC1OC(C)C(O)C(O)C1O)C=CCCC=CC2)C3C. The average Bonchev–Trinajstić information content (AvgIpc) is 3.66. The summed E-state index contributed by atoms with van der Waals surface area (Å²) in [5.74, 6) is -1.32. The van der Waals surface area contributed by atoms with Crippen molar-refractivity contribution in [3.8, 4) is 0 Å². The fourth-order valence-corrected chi connectivity index (χ4v) is 9.78. The van der Waals surface area contributed by atoms with E-state index in [1.807, 2.05) is 74.6 Å². The highest BCUT2D eigenvalue weighted by molar-refractivity contribution is 5.82. The van der Waals surface area contributed by atoms with Crippen LogP contribution in [-0.4, -0.2) is 147 Å². The van der Waals surface area contributed by atoms with E-state index in [0.29, 0.717) is 32.1 Å². The molecule has 0 aliphatic carbocycles. The van der Waals surface area contributed by atoms with E-state index in [4.69, 9.17) is 38.3 Å². The Morgan fingerprint density at radius 2 is 1.47 bits per heavy atom. The second kappa shape index (κ2) is 26.0. The quantitative estimate of drug-likeness (QED) is 0.0935. The van der Waals surface area contributed by atoms with Crippen molar-refractivity contribution in [2.45, 2.75) is 203 Å². The number of ether oxygens (including phenoxy) is 7. The van der Waals surface area contributed by atoms with Crippen molar-refractivity contribution in [1.82, 2.24) is 0 Å². The van der Waals surface area contributed by atoms with Gasteiger partial charge in [-0.1, -0.05) is 106 Å². The number of carboxylic acid groups (broad SMARTS) is 1. The van der Waals surface area contributed by atoms with E-state index in [1.54, 1.807) is 25.2 Å². The van der Waals surface area contributed by atoms with Crippen molar-refractivity contribution in [2.24, 2.45) is 17.8 Å². The first kappa shape index (κ1) is 53.8. The first-order chi connectivity index (χ1) is 32.6. The third kappa shape index (κ3) is 15.0. The predicted molar refractivity (Wildman–Crippen MR) is 253 cm³/mol. The van der Waals surface area contributed by atoms with Gasteiger partial charge in [-0.05, 0) is 69.9 Å². The van der Waals surface area contributed by atoms with Crippen LogP contribution in [0.4, 0.5) is 0 Å². The summed E-state index contributed by atoms with van der Waals surface area (Å²) in [6, 6.07) is 0. The van der Waals surface area contributed by atoms with Gasteiger partial charge in [-0.15, -0.1) is 0 Å². The minimum Gasteiger partial charge on any atom is -0.481 e. The van der Waals surface area contributed by atoms with Crippen LogP contribution in [0.15, 0.2) is 96.7 Å². The smallest absolute Gasteiger partial charge is 0.331 e. The maximum atomic E-state index is 13.1. The molecule has 20 atom stereocenters. The number of aliphatic hydroxyl groups is 5. The molecule has 0 spiro atoms. The Labute approximate surface area is 401 Å². The Morgan fingerprint density at radius 1 is 0.706 bits per heavy atom. The lowest BCUT2D eigenvalue weighted by molar-refractivity contribution is -0.309. The molecule has 7 aliphatic rings. The summed E-state index contributed by atoms with van der Waals surface area (Å²) in [5.41, 5.74) is 0.912. The Morgan fingerprint density at radius 3 is 2.26 bits per heavy atom. The summed E-state index contributed by atoms with van der Waals surface area (Å²) in [6.45, 7) is 9.62. The van der Waals surface area contributed by atoms with Crippen LogP contribution in [0.2, 0.25) is 0 Å². The van der Waals surface area contributed by atoms with E-state index in [1.165, 1.54) is 6.08 Å². The molecule has 6 N–H and O–H groups in total. The Hall–Kier alpha value is -3.58. The molecule has 68 heavy (non-hydrogen) atoms. The first-order valence-electron chi connectivity index (χ1n) is 24.7. The molecule has 0 aromatic rings. The number of hydrogen-bond acceptors (Lipinski definition) is 14. The van der Waals surface area contributed by atoms with Gasteiger partial charge < -0.3 is 63.8 Å². The van der Waals surface area contributed by atoms with E-state index >= 15 is 0 Å². The molecule has 0 aromatic heterocycles. The minimum atomic E-state index is -1.59. The van der Waals surface area contributed by atoms with Gasteiger partial charge in [-0.2, -0.15) is 0 Å². The number of aliphatic hydroxyl groups excluding tert-OH is 5. The molecule has 15 heteroatoms. The highest BCUT2D eigenvalue weighted by Crippen LogP contribution is 2.39. The monoisotopic (exact) mass is 953 g/mol. The highest BCUT2D eigenvalue weighted by Gasteiger charge is 2.47. The number of fused-ring (bicyclic) bond motifs is 13. The molecule has 7 bridgehead atoms. The summed E-state index contributed by atoms with van der Waals surface area (Å²) in [7, 11) is 0. The number of carbonyl (C=O) groups is 2.